The third kappa shape index (κ3) is 6.76. The molecule has 0 aromatic rings. The second-order valence-corrected chi connectivity index (χ2v) is 9.18. The van der Waals surface area contributed by atoms with Gasteiger partial charge in [-0.25, -0.2) is 0 Å². The van der Waals surface area contributed by atoms with Gasteiger partial charge in [0.05, 0.1) is 12.2 Å². The first-order chi connectivity index (χ1) is 12.8. The Balaban J connectivity index is 1.86. The van der Waals surface area contributed by atoms with Gasteiger partial charge in [-0.2, -0.15) is 0 Å². The summed E-state index contributed by atoms with van der Waals surface area (Å²) in [7, 11) is 0. The van der Waals surface area contributed by atoms with Crippen molar-refractivity contribution in [3.63, 3.8) is 0 Å². The van der Waals surface area contributed by atoms with Gasteiger partial charge in [0.15, 0.2) is 0 Å². The van der Waals surface area contributed by atoms with Crippen molar-refractivity contribution >= 4 is 5.97 Å². The van der Waals surface area contributed by atoms with Crippen LogP contribution in [0.1, 0.15) is 72.1 Å². The summed E-state index contributed by atoms with van der Waals surface area (Å²) in [5, 5.41) is 29.6. The molecule has 2 saturated carbocycles. The molecule has 0 radical (unpaired) electrons. The van der Waals surface area contributed by atoms with Crippen LogP contribution in [0.4, 0.5) is 0 Å². The van der Waals surface area contributed by atoms with E-state index in [1.807, 2.05) is 6.08 Å². The van der Waals surface area contributed by atoms with Crippen molar-refractivity contribution in [2.24, 2.45) is 29.6 Å². The van der Waals surface area contributed by atoms with Crippen LogP contribution < -0.4 is 0 Å². The number of carboxylic acids is 1. The smallest absolute Gasteiger partial charge is 0.303 e. The van der Waals surface area contributed by atoms with Crippen molar-refractivity contribution < 1.29 is 20.1 Å². The average molecular weight is 379 g/mol. The van der Waals surface area contributed by atoms with E-state index < -0.39 is 12.1 Å². The van der Waals surface area contributed by atoms with Gasteiger partial charge >= 0.3 is 5.97 Å². The Kier molecular flexibility index (Phi) is 8.56. The minimum Gasteiger partial charge on any atom is -0.481 e. The van der Waals surface area contributed by atoms with Gasteiger partial charge in [0, 0.05) is 12.3 Å². The number of hydrogen-bond donors (Lipinski definition) is 3. The van der Waals surface area contributed by atoms with Crippen LogP contribution in [0.15, 0.2) is 23.8 Å². The third-order valence-electron chi connectivity index (χ3n) is 6.45. The Hall–Kier alpha value is -1.13. The molecule has 2 aliphatic rings. The number of fused-ring (bicyclic) bond motifs is 1. The standard InChI is InChI=1S/C23H38O4/c1-15(2)8-9-16(3)21(24)11-10-19-20-13-17(6-4-5-7-23(26)27)12-18(20)14-22(19)25/h6,10-11,15-16,18-22,24-25H,4-5,7-9,12-14H2,1-3H3,(H,26,27)/b11-10+,17-6+/t16?,18-,19-,20+,21+,22-/m1/s1. The molecule has 0 aromatic carbocycles. The molecular weight excluding hydrogens is 340 g/mol. The molecule has 4 heteroatoms. The molecule has 0 amide bonds. The lowest BCUT2D eigenvalue weighted by Gasteiger charge is -2.20. The zero-order chi connectivity index (χ0) is 20.0. The topological polar surface area (TPSA) is 77.8 Å². The average Bonchev–Trinajstić information content (AvgIpc) is 3.10. The summed E-state index contributed by atoms with van der Waals surface area (Å²) >= 11 is 0. The maximum Gasteiger partial charge on any atom is 0.303 e. The van der Waals surface area contributed by atoms with Gasteiger partial charge in [-0.1, -0.05) is 51.0 Å². The molecule has 4 nitrogen and oxygen atoms in total. The SMILES string of the molecule is CC(C)CCC(C)[C@@H](O)/C=C/[C@@H]1[C@H]2C/C(=C/CCCC(=O)O)C[C@@H]2C[C@H]1O. The first-order valence-electron chi connectivity index (χ1n) is 10.7. The molecule has 6 atom stereocenters. The Morgan fingerprint density at radius 3 is 2.63 bits per heavy atom. The molecule has 0 bridgehead atoms. The van der Waals surface area contributed by atoms with E-state index in [0.29, 0.717) is 24.2 Å². The predicted molar refractivity (Wildman–Crippen MR) is 108 cm³/mol. The molecule has 1 unspecified atom stereocenters. The van der Waals surface area contributed by atoms with Gasteiger partial charge in [-0.15, -0.1) is 0 Å². The van der Waals surface area contributed by atoms with E-state index in [0.717, 1.165) is 38.5 Å². The lowest BCUT2D eigenvalue weighted by Crippen LogP contribution is -2.20. The lowest BCUT2D eigenvalue weighted by atomic mass is 9.89. The normalized spacial score (nSPS) is 31.7. The molecule has 3 N–H and O–H groups in total. The molecule has 0 saturated heterocycles. The van der Waals surface area contributed by atoms with Gasteiger partial charge in [0.1, 0.15) is 0 Å². The number of aliphatic carboxylic acids is 1. The zero-order valence-corrected chi connectivity index (χ0v) is 17.2. The first kappa shape index (κ1) is 22.2. The molecule has 2 aliphatic carbocycles. The number of aliphatic hydroxyl groups excluding tert-OH is 2. The molecular formula is C23H38O4. The molecule has 0 heterocycles. The fourth-order valence-electron chi connectivity index (χ4n) is 4.70. The fraction of sp³-hybridized carbons (Fsp3) is 0.783. The van der Waals surface area contributed by atoms with E-state index in [1.165, 1.54) is 5.57 Å². The van der Waals surface area contributed by atoms with E-state index in [4.69, 9.17) is 5.11 Å². The molecule has 2 fully saturated rings. The van der Waals surface area contributed by atoms with Crippen molar-refractivity contribution in [3.8, 4) is 0 Å². The Morgan fingerprint density at radius 2 is 1.96 bits per heavy atom. The van der Waals surface area contributed by atoms with Crippen LogP contribution in [-0.4, -0.2) is 33.5 Å². The largest absolute Gasteiger partial charge is 0.481 e. The Morgan fingerprint density at radius 1 is 1.22 bits per heavy atom. The third-order valence-corrected chi connectivity index (χ3v) is 6.45. The van der Waals surface area contributed by atoms with E-state index in [2.05, 4.69) is 32.9 Å². The predicted octanol–water partition coefficient (Wildman–Crippen LogP) is 4.56. The highest BCUT2D eigenvalue weighted by Crippen LogP contribution is 2.50. The Labute approximate surface area is 164 Å². The number of hydrogen-bond acceptors (Lipinski definition) is 3. The summed E-state index contributed by atoms with van der Waals surface area (Å²) in [6.45, 7) is 6.51. The summed E-state index contributed by atoms with van der Waals surface area (Å²) in [5.74, 6) is 1.28. The summed E-state index contributed by atoms with van der Waals surface area (Å²) in [4.78, 5) is 10.6. The highest BCUT2D eigenvalue weighted by atomic mass is 16.4. The number of rotatable bonds is 10. The van der Waals surface area contributed by atoms with Crippen LogP contribution in [0.3, 0.4) is 0 Å². The summed E-state index contributed by atoms with van der Waals surface area (Å²) in [6.07, 6.45) is 12.2. The summed E-state index contributed by atoms with van der Waals surface area (Å²) in [5.41, 5.74) is 1.42. The second-order valence-electron chi connectivity index (χ2n) is 9.18. The van der Waals surface area contributed by atoms with Crippen LogP contribution in [0.25, 0.3) is 0 Å². The highest BCUT2D eigenvalue weighted by molar-refractivity contribution is 5.66. The molecule has 0 spiro atoms. The minimum absolute atomic E-state index is 0.131. The van der Waals surface area contributed by atoms with Crippen molar-refractivity contribution in [1.82, 2.24) is 0 Å². The fourth-order valence-corrected chi connectivity index (χ4v) is 4.70. The van der Waals surface area contributed by atoms with Crippen LogP contribution in [-0.2, 0) is 4.79 Å². The van der Waals surface area contributed by atoms with Crippen LogP contribution >= 0.6 is 0 Å². The highest BCUT2D eigenvalue weighted by Gasteiger charge is 2.44. The van der Waals surface area contributed by atoms with Crippen LogP contribution in [0, 0.1) is 29.6 Å². The molecule has 0 aromatic heterocycles. The summed E-state index contributed by atoms with van der Waals surface area (Å²) in [6, 6.07) is 0. The summed E-state index contributed by atoms with van der Waals surface area (Å²) < 4.78 is 0. The van der Waals surface area contributed by atoms with Gasteiger partial charge < -0.3 is 15.3 Å². The number of aliphatic hydroxyl groups is 2. The molecule has 0 aliphatic heterocycles. The van der Waals surface area contributed by atoms with Crippen molar-refractivity contribution in [1.29, 1.82) is 0 Å². The van der Waals surface area contributed by atoms with Gasteiger partial charge in [0.25, 0.3) is 0 Å². The van der Waals surface area contributed by atoms with E-state index in [9.17, 15) is 15.0 Å². The van der Waals surface area contributed by atoms with Crippen molar-refractivity contribution in [2.45, 2.75) is 84.3 Å². The zero-order valence-electron chi connectivity index (χ0n) is 17.2. The molecule has 27 heavy (non-hydrogen) atoms. The van der Waals surface area contributed by atoms with E-state index >= 15 is 0 Å². The minimum atomic E-state index is -0.730. The van der Waals surface area contributed by atoms with E-state index in [1.54, 1.807) is 0 Å². The number of carboxylic acid groups (broad SMARTS) is 1. The number of allylic oxidation sites excluding steroid dienone is 2. The molecule has 2 rings (SSSR count). The van der Waals surface area contributed by atoms with E-state index in [-0.39, 0.29) is 24.4 Å². The Bertz CT molecular complexity index is 536. The quantitative estimate of drug-likeness (QED) is 0.384. The second kappa shape index (κ2) is 10.4. The number of carbonyl (C=O) groups is 1. The van der Waals surface area contributed by atoms with Gasteiger partial charge in [-0.3, -0.25) is 4.79 Å². The van der Waals surface area contributed by atoms with Gasteiger partial charge in [0.2, 0.25) is 0 Å². The molecule has 154 valence electrons. The van der Waals surface area contributed by atoms with Crippen LogP contribution in [0.5, 0.6) is 0 Å². The maximum absolute atomic E-state index is 10.6. The van der Waals surface area contributed by atoms with Crippen molar-refractivity contribution in [3.05, 3.63) is 23.8 Å². The lowest BCUT2D eigenvalue weighted by molar-refractivity contribution is -0.137. The van der Waals surface area contributed by atoms with Crippen LogP contribution in [0.2, 0.25) is 0 Å². The first-order valence-corrected chi connectivity index (χ1v) is 10.7. The van der Waals surface area contributed by atoms with Crippen molar-refractivity contribution in [2.75, 3.05) is 0 Å². The maximum atomic E-state index is 10.6. The monoisotopic (exact) mass is 378 g/mol. The number of unbranched alkanes of at least 4 members (excludes halogenated alkanes) is 1. The van der Waals surface area contributed by atoms with Gasteiger partial charge in [-0.05, 0) is 62.2 Å².